The van der Waals surface area contributed by atoms with Gasteiger partial charge in [0.15, 0.2) is 0 Å². The fourth-order valence-electron chi connectivity index (χ4n) is 14.0. The Balaban J connectivity index is -0.0000000950. The average Bonchev–Trinajstić information content (AvgIpc) is 0.817. The smallest absolute Gasteiger partial charge is 0.332 e. The Hall–Kier alpha value is -5.80. The fraction of sp³-hybridized carbons (Fsp3) is 0.892. The maximum atomic E-state index is 12.7. The number of carboxylic acids is 4. The number of hydrogen-bond acceptors (Lipinski definition) is 15. The van der Waals surface area contributed by atoms with Crippen molar-refractivity contribution in [2.24, 2.45) is 58.3 Å². The summed E-state index contributed by atoms with van der Waals surface area (Å²) in [7, 11) is 10.3. The third-order valence-electron chi connectivity index (χ3n) is 20.5. The molecular weight excluding hydrogens is 1730 g/mol. The van der Waals surface area contributed by atoms with E-state index in [1.165, 1.54) is 12.8 Å². The van der Waals surface area contributed by atoms with Crippen LogP contribution in [0.1, 0.15) is 436 Å². The first-order valence-electron chi connectivity index (χ1n) is 50.0. The lowest BCUT2D eigenvalue weighted by Crippen LogP contribution is -2.43. The normalized spacial score (nSPS) is 11.5. The highest BCUT2D eigenvalue weighted by Gasteiger charge is 2.31. The van der Waals surface area contributed by atoms with Gasteiger partial charge in [-0.25, -0.2) is 4.79 Å². The molecule has 1 aliphatic carbocycles. The number of carbonyl (C=O) groups is 10. The number of nitrogens with zero attached hydrogens (tertiary/aromatic N) is 10. The lowest BCUT2D eigenvalue weighted by molar-refractivity contribution is -0.870. The molecule has 1 aliphatic rings. The molecule has 0 atom stereocenters. The summed E-state index contributed by atoms with van der Waals surface area (Å²) in [6, 6.07) is 2.54. The Morgan fingerprint density at radius 1 is 0.307 bits per heavy atom. The van der Waals surface area contributed by atoms with Crippen LogP contribution >= 0.6 is 0 Å². The molecule has 0 unspecified atom stereocenters. The Kier molecular flexibility index (Phi) is 114. The van der Waals surface area contributed by atoms with Gasteiger partial charge < -0.3 is 80.5 Å². The number of amides is 6. The summed E-state index contributed by atoms with van der Waals surface area (Å²) in [4.78, 5) is 133. The minimum atomic E-state index is -0.937. The lowest BCUT2D eigenvalue weighted by Gasteiger charge is -2.34. The standard InChI is InChI=1S/C16H27NO3.C15H32N2O.C14H31N2O.C12H26N2O.C12H23NO3.C12H25NO2.C11H24N2O.C11H23NO2.8CH4/c1-11(2)17(10-16(3,4)5)14(18)12-8-6-7-9-13(12)15(19)20;1-13(2)12-17(14(3)4)15(18)10-8-6-5-7-9-11-16;1-12(2)11-15(13(3)4)14(17)9-8-10-16(5,6)7;1-10(2)9-14(11(3)4)12(15)7-5-6-8-13;1-9(2)8-13(10(3)4)11(14)6-5-7-12(15)16;1-10(2)9-13(11(3)4)8-6-5-7-12(14)15;1-9(2)7-13(10(3)4)11(14)8-12(5)6;1-9(2)8-12(10(3)4)7-5-6-11(13)14;;;;;;;;/h11H,6-10H2,1-5H3,(H,19,20);13-14H,5-12,16H2,1-4H3;12-13H,8-11H2,1-7H3;10-11H,5-9,13H2,1-4H3;9-10H,5-8H2,1-4H3,(H,15,16);10-11H,5-9H2,1-4H3,(H,14,15);9-10H,7-8H2,1-6H3;9-10H,5-8H2,1-4H3,(H,13,14);8*1H4/q;;+1;;;;;;;;;;;;;. The van der Waals surface area contributed by atoms with Crippen molar-refractivity contribution in [3.05, 3.63) is 11.1 Å². The van der Waals surface area contributed by atoms with Crippen LogP contribution in [0.2, 0.25) is 0 Å². The third-order valence-corrected chi connectivity index (χ3v) is 20.5. The molecule has 26 nitrogen and oxygen atoms in total. The zero-order valence-corrected chi connectivity index (χ0v) is 90.8. The summed E-state index contributed by atoms with van der Waals surface area (Å²) in [5.74, 6) is 1.82. The predicted octanol–water partition coefficient (Wildman–Crippen LogP) is 24.3. The molecule has 26 heteroatoms. The first-order valence-corrected chi connectivity index (χ1v) is 50.0. The van der Waals surface area contributed by atoms with Gasteiger partial charge >= 0.3 is 23.9 Å². The molecule has 0 bridgehead atoms. The minimum absolute atomic E-state index is 0. The molecule has 8 N–H and O–H groups in total. The van der Waals surface area contributed by atoms with Crippen LogP contribution in [0.25, 0.3) is 0 Å². The van der Waals surface area contributed by atoms with E-state index >= 15 is 0 Å². The molecule has 137 heavy (non-hydrogen) atoms. The van der Waals surface area contributed by atoms with E-state index < -0.39 is 23.9 Å². The molecule has 0 radical (unpaired) electrons. The fourth-order valence-corrected chi connectivity index (χ4v) is 14.0. The van der Waals surface area contributed by atoms with Crippen molar-refractivity contribution in [1.82, 2.24) is 44.1 Å². The van der Waals surface area contributed by atoms with Crippen molar-refractivity contribution in [3.8, 4) is 0 Å². The second-order valence-electron chi connectivity index (χ2n) is 43.2. The molecule has 0 spiro atoms. The molecule has 0 saturated heterocycles. The van der Waals surface area contributed by atoms with E-state index in [0.29, 0.717) is 172 Å². The SMILES string of the molecule is C.C.C.C.C.C.C.C.CC(C)CN(C(=O)CCCC(=O)O)C(C)C.CC(C)CN(C(=O)CCCCCCCN)C(C)C.CC(C)CN(C(=O)CCCCN)C(C)C.CC(C)CN(C(=O)CCC[N+](C)(C)C)C(C)C.CC(C)CN(C(=O)CN(C)C)C(C)C.CC(C)CN(CCCC(=O)O)C(C)C.CC(C)CN(CCCCC(=O)O)C(C)C.CC(C)N(CC(C)(C)C)C(=O)C1=C(C(=O)O)CCCC1. The zero-order valence-electron chi connectivity index (χ0n) is 90.8. The Morgan fingerprint density at radius 3 is 0.825 bits per heavy atom. The maximum Gasteiger partial charge on any atom is 0.332 e. The summed E-state index contributed by atoms with van der Waals surface area (Å²) in [5.41, 5.74) is 11.7. The van der Waals surface area contributed by atoms with Gasteiger partial charge in [-0.2, -0.15) is 0 Å². The average molecular weight is 1970 g/mol. The summed E-state index contributed by atoms with van der Waals surface area (Å²) in [6.07, 6.45) is 17.3. The number of carbonyl (C=O) groups excluding carboxylic acids is 6. The molecule has 1 rings (SSSR count). The van der Waals surface area contributed by atoms with Crippen LogP contribution in [0.5, 0.6) is 0 Å². The van der Waals surface area contributed by atoms with Crippen molar-refractivity contribution in [1.29, 1.82) is 0 Å². The zero-order chi connectivity index (χ0) is 102. The van der Waals surface area contributed by atoms with E-state index in [2.05, 4.69) is 232 Å². The highest BCUT2D eigenvalue weighted by atomic mass is 16.4. The number of carboxylic acid groups (broad SMARTS) is 4. The van der Waals surface area contributed by atoms with Crippen molar-refractivity contribution >= 4 is 59.3 Å². The molecule has 0 fully saturated rings. The number of aliphatic carboxylic acids is 4. The molecule has 0 aromatic carbocycles. The first-order chi connectivity index (χ1) is 59.3. The Morgan fingerprint density at radius 2 is 0.555 bits per heavy atom. The minimum Gasteiger partial charge on any atom is -0.481 e. The molecule has 830 valence electrons. The summed E-state index contributed by atoms with van der Waals surface area (Å²) < 4.78 is 0.930. The number of unbranched alkanes of at least 4 members (excludes halogenated alkanes) is 6. The third kappa shape index (κ3) is 101. The van der Waals surface area contributed by atoms with Gasteiger partial charge in [-0.05, 0) is 275 Å². The van der Waals surface area contributed by atoms with E-state index in [4.69, 9.17) is 26.8 Å². The molecule has 0 aromatic heterocycles. The molecule has 6 amide bonds. The highest BCUT2D eigenvalue weighted by Crippen LogP contribution is 2.29. The van der Waals surface area contributed by atoms with Crippen LogP contribution in [-0.2, 0) is 47.9 Å². The van der Waals surface area contributed by atoms with Crippen LogP contribution in [-0.4, -0.2) is 304 Å². The Labute approximate surface area is 852 Å². The first kappa shape index (κ1) is 165. The monoisotopic (exact) mass is 1970 g/mol. The van der Waals surface area contributed by atoms with Crippen molar-refractivity contribution in [2.75, 3.05) is 127 Å². The predicted molar refractivity (Wildman–Crippen MR) is 595 cm³/mol. The van der Waals surface area contributed by atoms with Crippen LogP contribution in [0.4, 0.5) is 0 Å². The van der Waals surface area contributed by atoms with Gasteiger partial charge in [-0.1, -0.05) is 196 Å². The number of quaternary nitrogens is 1. The van der Waals surface area contributed by atoms with Gasteiger partial charge in [0.25, 0.3) is 5.91 Å². The quantitative estimate of drug-likeness (QED) is 0.0243. The molecule has 0 aliphatic heterocycles. The topological polar surface area (TPSA) is 333 Å². The number of nitrogens with two attached hydrogens (primary N) is 2. The Bertz CT molecular complexity index is 2940. The molecule has 0 saturated carbocycles. The van der Waals surface area contributed by atoms with Crippen LogP contribution in [0, 0.1) is 46.8 Å². The number of rotatable bonds is 55. The second kappa shape index (κ2) is 95.1. The van der Waals surface area contributed by atoms with Crippen LogP contribution < -0.4 is 11.5 Å². The van der Waals surface area contributed by atoms with Gasteiger partial charge in [-0.15, -0.1) is 0 Å². The van der Waals surface area contributed by atoms with Crippen molar-refractivity contribution < 1.29 is 72.9 Å². The van der Waals surface area contributed by atoms with Crippen LogP contribution in [0.3, 0.4) is 0 Å². The van der Waals surface area contributed by atoms with E-state index in [1.54, 1.807) is 0 Å². The summed E-state index contributed by atoms with van der Waals surface area (Å²) in [6.45, 7) is 81.6. The summed E-state index contributed by atoms with van der Waals surface area (Å²) in [5, 5.41) is 34.8. The largest absolute Gasteiger partial charge is 0.481 e. The van der Waals surface area contributed by atoms with Gasteiger partial charge in [0, 0.05) is 163 Å². The summed E-state index contributed by atoms with van der Waals surface area (Å²) >= 11 is 0. The number of hydrogen-bond donors (Lipinski definition) is 6. The lowest BCUT2D eigenvalue weighted by atomic mass is 9.89. The maximum absolute atomic E-state index is 12.7. The second-order valence-corrected chi connectivity index (χ2v) is 43.2. The van der Waals surface area contributed by atoms with E-state index in [0.717, 1.165) is 147 Å². The van der Waals surface area contributed by atoms with E-state index in [9.17, 15) is 53.1 Å². The van der Waals surface area contributed by atoms with Gasteiger partial charge in [0.1, 0.15) is 0 Å². The molecular formula is C111H243N12O14+. The van der Waals surface area contributed by atoms with Crippen molar-refractivity contribution in [2.45, 2.75) is 484 Å². The van der Waals surface area contributed by atoms with E-state index in [-0.39, 0.29) is 113 Å². The highest BCUT2D eigenvalue weighted by molar-refractivity contribution is 6.02. The molecule has 0 heterocycles. The number of likely N-dealkylation sites (N-methyl/N-ethyl adjacent to an activating group) is 1. The van der Waals surface area contributed by atoms with Crippen molar-refractivity contribution in [3.63, 3.8) is 0 Å². The molecule has 0 aromatic rings. The van der Waals surface area contributed by atoms with Crippen LogP contribution in [0.15, 0.2) is 11.1 Å². The van der Waals surface area contributed by atoms with Gasteiger partial charge in [0.05, 0.1) is 34.2 Å². The van der Waals surface area contributed by atoms with Gasteiger partial charge in [-0.3, -0.25) is 43.2 Å². The van der Waals surface area contributed by atoms with E-state index in [1.807, 2.05) is 76.1 Å². The van der Waals surface area contributed by atoms with Gasteiger partial charge in [0.2, 0.25) is 29.5 Å².